The maximum atomic E-state index is 13.7. The normalized spacial score (nSPS) is 12.6. The summed E-state index contributed by atoms with van der Waals surface area (Å²) < 4.78 is 27.3. The van der Waals surface area contributed by atoms with Crippen molar-refractivity contribution in [2.75, 3.05) is 37.8 Å². The van der Waals surface area contributed by atoms with E-state index in [1.807, 2.05) is 27.9 Å². The Morgan fingerprint density at radius 1 is 1.25 bits per heavy atom. The van der Waals surface area contributed by atoms with E-state index >= 15 is 0 Å². The van der Waals surface area contributed by atoms with Crippen molar-refractivity contribution < 1.29 is 8.78 Å². The Labute approximate surface area is 119 Å². The average Bonchev–Trinajstić information content (AvgIpc) is 2.38. The lowest BCUT2D eigenvalue weighted by atomic mass is 10.2. The standard InChI is InChI=1S/C14H24F2N4/c1-5-7-17-13-11(15)9-12(16)14(19-13)18-10(2)6-8-20(3)4/h9-10H,5-8H2,1-4H3,(H2,17,18,19). The third kappa shape index (κ3) is 5.28. The Balaban J connectivity index is 2.73. The quantitative estimate of drug-likeness (QED) is 0.771. The van der Waals surface area contributed by atoms with Crippen molar-refractivity contribution >= 4 is 11.6 Å². The number of rotatable bonds is 8. The van der Waals surface area contributed by atoms with E-state index in [9.17, 15) is 8.78 Å². The van der Waals surface area contributed by atoms with Gasteiger partial charge in [-0.25, -0.2) is 13.8 Å². The molecular weight excluding hydrogens is 262 g/mol. The predicted octanol–water partition coefficient (Wildman–Crippen LogP) is 2.93. The molecule has 0 bridgehead atoms. The summed E-state index contributed by atoms with van der Waals surface area (Å²) in [7, 11) is 3.96. The summed E-state index contributed by atoms with van der Waals surface area (Å²) in [4.78, 5) is 6.05. The maximum absolute atomic E-state index is 13.7. The van der Waals surface area contributed by atoms with Gasteiger partial charge in [-0.1, -0.05) is 6.92 Å². The smallest absolute Gasteiger partial charge is 0.168 e. The molecular formula is C14H24F2N4. The molecule has 114 valence electrons. The highest BCUT2D eigenvalue weighted by Crippen LogP contribution is 2.20. The molecule has 4 nitrogen and oxygen atoms in total. The molecule has 2 N–H and O–H groups in total. The van der Waals surface area contributed by atoms with E-state index in [0.29, 0.717) is 6.54 Å². The Kier molecular flexibility index (Phi) is 6.64. The molecule has 1 aromatic heterocycles. The van der Waals surface area contributed by atoms with Gasteiger partial charge in [0.15, 0.2) is 23.3 Å². The Morgan fingerprint density at radius 3 is 2.50 bits per heavy atom. The molecule has 1 aromatic rings. The minimum Gasteiger partial charge on any atom is -0.368 e. The molecule has 0 aromatic carbocycles. The fourth-order valence-electron chi connectivity index (χ4n) is 1.69. The summed E-state index contributed by atoms with van der Waals surface area (Å²) in [5, 5.41) is 5.84. The fraction of sp³-hybridized carbons (Fsp3) is 0.643. The van der Waals surface area contributed by atoms with E-state index in [4.69, 9.17) is 0 Å². The zero-order valence-corrected chi connectivity index (χ0v) is 12.6. The lowest BCUT2D eigenvalue weighted by molar-refractivity contribution is 0.390. The van der Waals surface area contributed by atoms with Crippen molar-refractivity contribution in [2.24, 2.45) is 0 Å². The zero-order valence-electron chi connectivity index (χ0n) is 12.6. The Morgan fingerprint density at radius 2 is 1.90 bits per heavy atom. The van der Waals surface area contributed by atoms with Gasteiger partial charge >= 0.3 is 0 Å². The van der Waals surface area contributed by atoms with Crippen LogP contribution in [-0.4, -0.2) is 43.1 Å². The summed E-state index contributed by atoms with van der Waals surface area (Å²) in [6.45, 7) is 5.41. The third-order valence-corrected chi connectivity index (χ3v) is 2.86. The van der Waals surface area contributed by atoms with E-state index in [1.165, 1.54) is 0 Å². The molecule has 1 unspecified atom stereocenters. The topological polar surface area (TPSA) is 40.2 Å². The number of nitrogens with one attached hydrogen (secondary N) is 2. The molecule has 20 heavy (non-hydrogen) atoms. The summed E-state index contributed by atoms with van der Waals surface area (Å²) in [6.07, 6.45) is 1.70. The van der Waals surface area contributed by atoms with Crippen LogP contribution in [0.15, 0.2) is 6.07 Å². The van der Waals surface area contributed by atoms with Crippen LogP contribution in [-0.2, 0) is 0 Å². The molecule has 0 saturated carbocycles. The summed E-state index contributed by atoms with van der Waals surface area (Å²) in [5.41, 5.74) is 0. The molecule has 1 heterocycles. The number of nitrogens with zero attached hydrogens (tertiary/aromatic N) is 2. The highest BCUT2D eigenvalue weighted by atomic mass is 19.1. The molecule has 1 rings (SSSR count). The minimum atomic E-state index is -0.666. The second-order valence-corrected chi connectivity index (χ2v) is 5.21. The highest BCUT2D eigenvalue weighted by Gasteiger charge is 2.13. The van der Waals surface area contributed by atoms with E-state index in [2.05, 4.69) is 20.5 Å². The van der Waals surface area contributed by atoms with Gasteiger partial charge < -0.3 is 15.5 Å². The molecule has 0 saturated heterocycles. The molecule has 0 aliphatic heterocycles. The van der Waals surface area contributed by atoms with Crippen molar-refractivity contribution in [3.8, 4) is 0 Å². The first-order valence-electron chi connectivity index (χ1n) is 6.95. The monoisotopic (exact) mass is 286 g/mol. The lowest BCUT2D eigenvalue weighted by Gasteiger charge is -2.18. The van der Waals surface area contributed by atoms with Crippen LogP contribution in [0.4, 0.5) is 20.4 Å². The van der Waals surface area contributed by atoms with Crippen LogP contribution in [0.5, 0.6) is 0 Å². The van der Waals surface area contributed by atoms with E-state index in [-0.39, 0.29) is 17.7 Å². The number of anilines is 2. The number of pyridine rings is 1. The van der Waals surface area contributed by atoms with Gasteiger partial charge in [-0.05, 0) is 40.4 Å². The van der Waals surface area contributed by atoms with Gasteiger partial charge in [0.05, 0.1) is 0 Å². The van der Waals surface area contributed by atoms with E-state index < -0.39 is 11.6 Å². The van der Waals surface area contributed by atoms with Crippen molar-refractivity contribution in [1.29, 1.82) is 0 Å². The van der Waals surface area contributed by atoms with Gasteiger partial charge in [-0.2, -0.15) is 0 Å². The van der Waals surface area contributed by atoms with Crippen LogP contribution < -0.4 is 10.6 Å². The van der Waals surface area contributed by atoms with E-state index in [0.717, 1.165) is 25.5 Å². The first-order valence-corrected chi connectivity index (χ1v) is 6.95. The lowest BCUT2D eigenvalue weighted by Crippen LogP contribution is -2.24. The molecule has 1 atom stereocenters. The van der Waals surface area contributed by atoms with Crippen LogP contribution >= 0.6 is 0 Å². The third-order valence-electron chi connectivity index (χ3n) is 2.86. The molecule has 0 fully saturated rings. The van der Waals surface area contributed by atoms with Gasteiger partial charge in [0.25, 0.3) is 0 Å². The molecule has 6 heteroatoms. The minimum absolute atomic E-state index is 0.0592. The molecule has 0 aliphatic rings. The van der Waals surface area contributed by atoms with Gasteiger partial charge in [-0.15, -0.1) is 0 Å². The summed E-state index contributed by atoms with van der Waals surface area (Å²) >= 11 is 0. The number of halogens is 2. The number of hydrogen-bond donors (Lipinski definition) is 2. The van der Waals surface area contributed by atoms with Crippen molar-refractivity contribution in [3.05, 3.63) is 17.7 Å². The summed E-state index contributed by atoms with van der Waals surface area (Å²) in [5.74, 6) is -1.14. The SMILES string of the molecule is CCCNc1nc(NC(C)CCN(C)C)c(F)cc1F. The maximum Gasteiger partial charge on any atom is 0.168 e. The van der Waals surface area contributed by atoms with Crippen LogP contribution in [0.1, 0.15) is 26.7 Å². The first kappa shape index (κ1) is 16.6. The number of aromatic nitrogens is 1. The zero-order chi connectivity index (χ0) is 15.1. The predicted molar refractivity (Wildman–Crippen MR) is 79.2 cm³/mol. The van der Waals surface area contributed by atoms with Gasteiger partial charge in [0.2, 0.25) is 0 Å². The van der Waals surface area contributed by atoms with Gasteiger partial charge in [0, 0.05) is 18.7 Å². The molecule has 0 amide bonds. The highest BCUT2D eigenvalue weighted by molar-refractivity contribution is 5.47. The Bertz CT molecular complexity index is 424. The number of hydrogen-bond acceptors (Lipinski definition) is 4. The average molecular weight is 286 g/mol. The van der Waals surface area contributed by atoms with Crippen LogP contribution in [0.3, 0.4) is 0 Å². The van der Waals surface area contributed by atoms with Gasteiger partial charge in [-0.3, -0.25) is 0 Å². The summed E-state index contributed by atoms with van der Waals surface area (Å²) in [6, 6.07) is 0.926. The van der Waals surface area contributed by atoms with Crippen molar-refractivity contribution in [1.82, 2.24) is 9.88 Å². The second-order valence-electron chi connectivity index (χ2n) is 5.21. The largest absolute Gasteiger partial charge is 0.368 e. The van der Waals surface area contributed by atoms with Crippen LogP contribution in [0.2, 0.25) is 0 Å². The first-order chi connectivity index (χ1) is 9.43. The van der Waals surface area contributed by atoms with E-state index in [1.54, 1.807) is 0 Å². The molecule has 0 aliphatic carbocycles. The van der Waals surface area contributed by atoms with Crippen molar-refractivity contribution in [3.63, 3.8) is 0 Å². The van der Waals surface area contributed by atoms with Crippen LogP contribution in [0, 0.1) is 11.6 Å². The van der Waals surface area contributed by atoms with Crippen LogP contribution in [0.25, 0.3) is 0 Å². The Hall–Kier alpha value is -1.43. The fourth-order valence-corrected chi connectivity index (χ4v) is 1.69. The second kappa shape index (κ2) is 7.99. The van der Waals surface area contributed by atoms with Gasteiger partial charge in [0.1, 0.15) is 0 Å². The molecule has 0 spiro atoms. The molecule has 0 radical (unpaired) electrons. The van der Waals surface area contributed by atoms with Crippen molar-refractivity contribution in [2.45, 2.75) is 32.7 Å².